The third-order valence-corrected chi connectivity index (χ3v) is 3.39. The molecule has 23 heavy (non-hydrogen) atoms. The number of rotatable bonds is 4. The van der Waals surface area contributed by atoms with E-state index in [-0.39, 0.29) is 21.5 Å². The summed E-state index contributed by atoms with van der Waals surface area (Å²) in [6.45, 7) is -0.641. The second kappa shape index (κ2) is 6.37. The van der Waals surface area contributed by atoms with Crippen molar-refractivity contribution >= 4 is 29.0 Å². The highest BCUT2D eigenvalue weighted by Gasteiger charge is 2.35. The van der Waals surface area contributed by atoms with Crippen LogP contribution in [0, 0.1) is 5.82 Å². The third kappa shape index (κ3) is 3.94. The summed E-state index contributed by atoms with van der Waals surface area (Å²) < 4.78 is 56.7. The Hall–Kier alpha value is -1.80. The molecule has 10 heteroatoms. The van der Waals surface area contributed by atoms with E-state index in [2.05, 4.69) is 5.10 Å². The Morgan fingerprint density at radius 3 is 2.48 bits per heavy atom. The van der Waals surface area contributed by atoms with E-state index in [1.165, 1.54) is 7.05 Å². The molecule has 0 saturated heterocycles. The van der Waals surface area contributed by atoms with Crippen LogP contribution >= 0.6 is 23.2 Å². The summed E-state index contributed by atoms with van der Waals surface area (Å²) in [6, 6.07) is 2.54. The Morgan fingerprint density at radius 2 is 1.91 bits per heavy atom. The number of aryl methyl sites for hydroxylation is 1. The Balaban J connectivity index is 2.14. The Morgan fingerprint density at radius 1 is 1.26 bits per heavy atom. The SMILES string of the molecule is Cn1nc(C(F)(F)F)cc1OCC(=O)c1cc(F)c(Cl)cc1Cl. The van der Waals surface area contributed by atoms with E-state index < -0.39 is 30.1 Å². The molecule has 0 aliphatic heterocycles. The van der Waals surface area contributed by atoms with E-state index in [4.69, 9.17) is 27.9 Å². The average molecular weight is 371 g/mol. The number of carbonyl (C=O) groups excluding carboxylic acids is 1. The first-order chi connectivity index (χ1) is 10.6. The maximum absolute atomic E-state index is 13.4. The van der Waals surface area contributed by atoms with Crippen LogP contribution < -0.4 is 4.74 Å². The van der Waals surface area contributed by atoms with E-state index in [0.717, 1.165) is 16.8 Å². The van der Waals surface area contributed by atoms with Gasteiger partial charge in [0.05, 0.1) is 10.0 Å². The van der Waals surface area contributed by atoms with Crippen LogP contribution in [0.4, 0.5) is 17.6 Å². The number of ketones is 1. The summed E-state index contributed by atoms with van der Waals surface area (Å²) in [5.41, 5.74) is -1.34. The molecule has 0 aliphatic carbocycles. The van der Waals surface area contributed by atoms with Crippen LogP contribution in [0.25, 0.3) is 0 Å². The molecular formula is C13H8Cl2F4N2O2. The van der Waals surface area contributed by atoms with Gasteiger partial charge < -0.3 is 4.74 Å². The van der Waals surface area contributed by atoms with Crippen molar-refractivity contribution in [3.05, 3.63) is 45.3 Å². The molecule has 1 aromatic carbocycles. The van der Waals surface area contributed by atoms with Gasteiger partial charge in [-0.05, 0) is 12.1 Å². The van der Waals surface area contributed by atoms with E-state index in [9.17, 15) is 22.4 Å². The standard InChI is InChI=1S/C13H8Cl2F4N2O2/c1-21-12(4-11(20-21)13(17,18)19)23-5-10(22)6-2-9(16)8(15)3-7(6)14/h2-4H,5H2,1H3. The molecule has 0 bridgehead atoms. The molecule has 4 nitrogen and oxygen atoms in total. The van der Waals surface area contributed by atoms with Crippen LogP contribution in [-0.4, -0.2) is 22.2 Å². The van der Waals surface area contributed by atoms with Crippen molar-refractivity contribution in [2.45, 2.75) is 6.18 Å². The van der Waals surface area contributed by atoms with Crippen molar-refractivity contribution in [3.63, 3.8) is 0 Å². The quantitative estimate of drug-likeness (QED) is 0.461. The van der Waals surface area contributed by atoms with Gasteiger partial charge in [0.2, 0.25) is 11.7 Å². The Labute approximate surface area is 137 Å². The first-order valence-corrected chi connectivity index (χ1v) is 6.77. The maximum atomic E-state index is 13.4. The van der Waals surface area contributed by atoms with E-state index in [0.29, 0.717) is 6.07 Å². The molecule has 2 rings (SSSR count). The van der Waals surface area contributed by atoms with E-state index in [1.807, 2.05) is 0 Å². The highest BCUT2D eigenvalue weighted by molar-refractivity contribution is 6.37. The highest BCUT2D eigenvalue weighted by atomic mass is 35.5. The number of aromatic nitrogens is 2. The Bertz CT molecular complexity index is 759. The third-order valence-electron chi connectivity index (χ3n) is 2.79. The number of carbonyl (C=O) groups is 1. The van der Waals surface area contributed by atoms with Crippen molar-refractivity contribution in [1.29, 1.82) is 0 Å². The summed E-state index contributed by atoms with van der Waals surface area (Å²) in [5.74, 6) is -1.84. The van der Waals surface area contributed by atoms with Gasteiger partial charge in [-0.3, -0.25) is 4.79 Å². The number of halogens is 6. The monoisotopic (exact) mass is 370 g/mol. The van der Waals surface area contributed by atoms with Crippen molar-refractivity contribution in [3.8, 4) is 5.88 Å². The molecule has 124 valence electrons. The van der Waals surface area contributed by atoms with Crippen molar-refractivity contribution in [1.82, 2.24) is 9.78 Å². The molecule has 1 aromatic heterocycles. The smallest absolute Gasteiger partial charge is 0.435 e. The first kappa shape index (κ1) is 17.6. The van der Waals surface area contributed by atoms with Crippen LogP contribution in [0.15, 0.2) is 18.2 Å². The van der Waals surface area contributed by atoms with Crippen LogP contribution in [0.5, 0.6) is 5.88 Å². The predicted octanol–water partition coefficient (Wildman–Crippen LogP) is 4.15. The van der Waals surface area contributed by atoms with Crippen LogP contribution in [-0.2, 0) is 13.2 Å². The normalized spacial score (nSPS) is 11.6. The van der Waals surface area contributed by atoms with Gasteiger partial charge in [0.15, 0.2) is 12.3 Å². The molecule has 0 unspecified atom stereocenters. The summed E-state index contributed by atoms with van der Waals surface area (Å²) in [7, 11) is 1.23. The maximum Gasteiger partial charge on any atom is 0.435 e. The lowest BCUT2D eigenvalue weighted by Crippen LogP contribution is -2.14. The number of ether oxygens (including phenoxy) is 1. The van der Waals surface area contributed by atoms with Crippen LogP contribution in [0.3, 0.4) is 0 Å². The lowest BCUT2D eigenvalue weighted by molar-refractivity contribution is -0.141. The molecule has 0 N–H and O–H groups in total. The van der Waals surface area contributed by atoms with Gasteiger partial charge in [0, 0.05) is 18.7 Å². The Kier molecular flexibility index (Phi) is 4.86. The minimum atomic E-state index is -4.63. The summed E-state index contributed by atoms with van der Waals surface area (Å²) in [6.07, 6.45) is -4.63. The van der Waals surface area contributed by atoms with Crippen LogP contribution in [0.2, 0.25) is 10.0 Å². The van der Waals surface area contributed by atoms with Gasteiger partial charge in [0.1, 0.15) is 5.82 Å². The fourth-order valence-corrected chi connectivity index (χ4v) is 2.17. The minimum Gasteiger partial charge on any atom is -0.469 e. The van der Waals surface area contributed by atoms with Gasteiger partial charge in [-0.15, -0.1) is 0 Å². The molecule has 2 aromatic rings. The molecule has 0 saturated carbocycles. The zero-order valence-electron chi connectivity index (χ0n) is 11.4. The van der Waals surface area contributed by atoms with Crippen molar-refractivity contribution in [2.24, 2.45) is 7.05 Å². The lowest BCUT2D eigenvalue weighted by atomic mass is 10.1. The van der Waals surface area contributed by atoms with E-state index in [1.54, 1.807) is 0 Å². The highest BCUT2D eigenvalue weighted by Crippen LogP contribution is 2.30. The first-order valence-electron chi connectivity index (χ1n) is 6.01. The fourth-order valence-electron chi connectivity index (χ4n) is 1.68. The second-order valence-corrected chi connectivity index (χ2v) is 5.26. The second-order valence-electron chi connectivity index (χ2n) is 4.45. The number of hydrogen-bond donors (Lipinski definition) is 0. The van der Waals surface area contributed by atoms with Crippen molar-refractivity contribution in [2.75, 3.05) is 6.61 Å². The zero-order chi connectivity index (χ0) is 17.4. The minimum absolute atomic E-state index is 0.0917. The van der Waals surface area contributed by atoms with Gasteiger partial charge in [-0.1, -0.05) is 23.2 Å². The fraction of sp³-hybridized carbons (Fsp3) is 0.231. The molecule has 0 aliphatic rings. The van der Waals surface area contributed by atoms with Gasteiger partial charge in [0.25, 0.3) is 0 Å². The number of hydrogen-bond acceptors (Lipinski definition) is 3. The van der Waals surface area contributed by atoms with Crippen molar-refractivity contribution < 1.29 is 27.1 Å². The number of Topliss-reactive ketones (excluding diaryl/α,β-unsaturated/α-hetero) is 1. The number of benzene rings is 1. The summed E-state index contributed by atoms with van der Waals surface area (Å²) in [5, 5.41) is 2.88. The van der Waals surface area contributed by atoms with Gasteiger partial charge >= 0.3 is 6.18 Å². The molecular weight excluding hydrogens is 363 g/mol. The van der Waals surface area contributed by atoms with E-state index >= 15 is 0 Å². The topological polar surface area (TPSA) is 44.1 Å². The molecule has 0 radical (unpaired) electrons. The summed E-state index contributed by atoms with van der Waals surface area (Å²) in [4.78, 5) is 11.9. The zero-order valence-corrected chi connectivity index (χ0v) is 12.9. The van der Waals surface area contributed by atoms with Gasteiger partial charge in [-0.25, -0.2) is 9.07 Å². The molecule has 0 fully saturated rings. The molecule has 1 heterocycles. The summed E-state index contributed by atoms with van der Waals surface area (Å²) >= 11 is 11.3. The average Bonchev–Trinajstić information content (AvgIpc) is 2.81. The molecule has 0 amide bonds. The van der Waals surface area contributed by atoms with Gasteiger partial charge in [-0.2, -0.15) is 18.3 Å². The predicted molar refractivity (Wildman–Crippen MR) is 74.5 cm³/mol. The largest absolute Gasteiger partial charge is 0.469 e. The number of nitrogens with zero attached hydrogens (tertiary/aromatic N) is 2. The molecule has 0 spiro atoms. The molecule has 0 atom stereocenters. The van der Waals surface area contributed by atoms with Crippen LogP contribution in [0.1, 0.15) is 16.1 Å². The number of alkyl halides is 3. The lowest BCUT2D eigenvalue weighted by Gasteiger charge is -2.07.